The fourth-order valence-corrected chi connectivity index (χ4v) is 5.86. The molecule has 1 fully saturated rings. The molecule has 1 unspecified atom stereocenters. The summed E-state index contributed by atoms with van der Waals surface area (Å²) >= 11 is 6.42. The number of likely N-dealkylation sites (N-methyl/N-ethyl adjacent to an activating group) is 1. The maximum atomic E-state index is 12.8. The van der Waals surface area contributed by atoms with Crippen LogP contribution in [0.15, 0.2) is 55.3 Å². The van der Waals surface area contributed by atoms with Crippen molar-refractivity contribution in [2.45, 2.75) is 19.4 Å². The topological polar surface area (TPSA) is 102 Å². The molecule has 9 nitrogen and oxygen atoms in total. The molecule has 0 bridgehead atoms. The van der Waals surface area contributed by atoms with Gasteiger partial charge in [0.05, 0.1) is 23.3 Å². The highest BCUT2D eigenvalue weighted by Gasteiger charge is 2.26. The predicted molar refractivity (Wildman–Crippen MR) is 163 cm³/mol. The lowest BCUT2D eigenvalue weighted by molar-refractivity contribution is -0.111. The van der Waals surface area contributed by atoms with E-state index < -0.39 is 7.14 Å². The van der Waals surface area contributed by atoms with E-state index >= 15 is 0 Å². The zero-order valence-electron chi connectivity index (χ0n) is 23.0. The van der Waals surface area contributed by atoms with Crippen molar-refractivity contribution >= 4 is 64.5 Å². The highest BCUT2D eigenvalue weighted by atomic mass is 35.5. The maximum absolute atomic E-state index is 12.8. The smallest absolute Gasteiger partial charge is 0.247 e. The molecule has 0 radical (unpaired) electrons. The summed E-state index contributed by atoms with van der Waals surface area (Å²) in [5, 5.41) is 10.5. The number of para-hydroxylation sites is 1. The average Bonchev–Trinajstić information content (AvgIpc) is 3.38. The molecule has 3 aromatic rings. The van der Waals surface area contributed by atoms with Gasteiger partial charge in [-0.3, -0.25) is 4.79 Å². The molecule has 1 atom stereocenters. The molecule has 2 aromatic carbocycles. The van der Waals surface area contributed by atoms with E-state index in [0.29, 0.717) is 39.5 Å². The number of rotatable bonds is 9. The Morgan fingerprint density at radius 2 is 1.92 bits per heavy atom. The van der Waals surface area contributed by atoms with Gasteiger partial charge in [-0.2, -0.15) is 4.98 Å². The third kappa shape index (κ3) is 6.79. The van der Waals surface area contributed by atoms with Gasteiger partial charge in [-0.1, -0.05) is 30.3 Å². The minimum atomic E-state index is -2.54. The zero-order valence-corrected chi connectivity index (χ0v) is 24.6. The van der Waals surface area contributed by atoms with Gasteiger partial charge in [0.25, 0.3) is 0 Å². The van der Waals surface area contributed by atoms with Crippen LogP contribution < -0.4 is 26.2 Å². The van der Waals surface area contributed by atoms with Crippen molar-refractivity contribution in [1.82, 2.24) is 14.9 Å². The number of halogens is 1. The average molecular weight is 568 g/mol. The second kappa shape index (κ2) is 11.8. The standard InChI is InChI=1S/C28H35ClN7O2P/c1-7-26(37)31-23-15-22(18(2)14-24(23)36-13-12-19(17-36)35(3)4)33-28-30-16-20(29)27(34-28)32-21-10-8-9-11-25(21)39(5,6)38/h7-11,14-16,19H,1,12-13,17H2,2-6H3,(H,31,37)(H2,30,32,33,34). The molecule has 1 aliphatic rings. The van der Waals surface area contributed by atoms with E-state index in [9.17, 15) is 9.36 Å². The van der Waals surface area contributed by atoms with Gasteiger partial charge in [0.1, 0.15) is 12.2 Å². The minimum absolute atomic E-state index is 0.286. The number of benzene rings is 2. The molecular weight excluding hydrogens is 533 g/mol. The first kappa shape index (κ1) is 28.6. The SMILES string of the molecule is C=CC(=O)Nc1cc(Nc2ncc(Cl)c(Nc3ccccc3P(C)(C)=O)n2)c(C)cc1N1CCC(N(C)C)C1. The molecule has 206 valence electrons. The Labute approximate surface area is 235 Å². The molecule has 3 N–H and O–H groups in total. The summed E-state index contributed by atoms with van der Waals surface area (Å²) in [7, 11) is 1.64. The van der Waals surface area contributed by atoms with Gasteiger partial charge in [-0.25, -0.2) is 4.98 Å². The van der Waals surface area contributed by atoms with Gasteiger partial charge in [0.2, 0.25) is 11.9 Å². The number of carbonyl (C=O) groups is 1. The van der Waals surface area contributed by atoms with Crippen molar-refractivity contribution < 1.29 is 9.36 Å². The Balaban J connectivity index is 1.65. The lowest BCUT2D eigenvalue weighted by Gasteiger charge is -2.25. The summed E-state index contributed by atoms with van der Waals surface area (Å²) in [4.78, 5) is 25.7. The number of nitrogens with one attached hydrogen (secondary N) is 3. The normalized spacial score (nSPS) is 15.4. The number of carbonyl (C=O) groups excluding carboxylic acids is 1. The monoisotopic (exact) mass is 567 g/mol. The molecule has 1 amide bonds. The molecule has 0 saturated carbocycles. The minimum Gasteiger partial charge on any atom is -0.368 e. The summed E-state index contributed by atoms with van der Waals surface area (Å²) < 4.78 is 12.8. The van der Waals surface area contributed by atoms with Crippen molar-refractivity contribution in [2.24, 2.45) is 0 Å². The van der Waals surface area contributed by atoms with Crippen LogP contribution in [0.5, 0.6) is 0 Å². The largest absolute Gasteiger partial charge is 0.368 e. The van der Waals surface area contributed by atoms with Crippen LogP contribution in [-0.2, 0) is 9.36 Å². The van der Waals surface area contributed by atoms with E-state index in [-0.39, 0.29) is 5.91 Å². The van der Waals surface area contributed by atoms with Gasteiger partial charge in [-0.05, 0) is 76.7 Å². The van der Waals surface area contributed by atoms with Crippen molar-refractivity contribution in [1.29, 1.82) is 0 Å². The number of hydrogen-bond acceptors (Lipinski definition) is 8. The first-order valence-corrected chi connectivity index (χ1v) is 15.6. The van der Waals surface area contributed by atoms with Crippen molar-refractivity contribution in [2.75, 3.05) is 61.4 Å². The van der Waals surface area contributed by atoms with Gasteiger partial charge in [-0.15, -0.1) is 0 Å². The third-order valence-electron chi connectivity index (χ3n) is 6.75. The van der Waals surface area contributed by atoms with E-state index in [1.54, 1.807) is 13.3 Å². The Morgan fingerprint density at radius 3 is 2.59 bits per heavy atom. The number of amides is 1. The molecule has 39 heavy (non-hydrogen) atoms. The Hall–Kier alpha value is -3.39. The summed E-state index contributed by atoms with van der Waals surface area (Å²) in [6.07, 6.45) is 3.81. The zero-order chi connectivity index (χ0) is 28.3. The van der Waals surface area contributed by atoms with Gasteiger partial charge >= 0.3 is 0 Å². The van der Waals surface area contributed by atoms with Crippen LogP contribution in [0.4, 0.5) is 34.5 Å². The maximum Gasteiger partial charge on any atom is 0.247 e. The van der Waals surface area contributed by atoms with Crippen molar-refractivity contribution in [3.8, 4) is 0 Å². The number of aromatic nitrogens is 2. The molecule has 1 aliphatic heterocycles. The highest BCUT2D eigenvalue weighted by molar-refractivity contribution is 7.70. The summed E-state index contributed by atoms with van der Waals surface area (Å²) in [5.74, 6) is 0.420. The van der Waals surface area contributed by atoms with Gasteiger partial charge in [0.15, 0.2) is 5.82 Å². The van der Waals surface area contributed by atoms with Crippen LogP contribution in [-0.4, -0.2) is 67.3 Å². The molecule has 1 saturated heterocycles. The molecule has 2 heterocycles. The summed E-state index contributed by atoms with van der Waals surface area (Å²) in [5.41, 5.74) is 4.01. The molecule has 0 spiro atoms. The van der Waals surface area contributed by atoms with E-state index in [1.807, 2.05) is 37.3 Å². The summed E-state index contributed by atoms with van der Waals surface area (Å²) in [6.45, 7) is 10.8. The fraction of sp³-hybridized carbons (Fsp3) is 0.321. The van der Waals surface area contributed by atoms with Gasteiger partial charge in [0, 0.05) is 30.1 Å². The van der Waals surface area contributed by atoms with Crippen LogP contribution in [0.1, 0.15) is 12.0 Å². The van der Waals surface area contributed by atoms with E-state index in [0.717, 1.165) is 36.4 Å². The molecule has 1 aromatic heterocycles. The first-order valence-electron chi connectivity index (χ1n) is 12.7. The third-order valence-corrected chi connectivity index (χ3v) is 8.58. The second-order valence-corrected chi connectivity index (χ2v) is 13.8. The lowest BCUT2D eigenvalue weighted by Crippen LogP contribution is -2.31. The molecule has 0 aliphatic carbocycles. The Morgan fingerprint density at radius 1 is 1.18 bits per heavy atom. The predicted octanol–water partition coefficient (Wildman–Crippen LogP) is 5.44. The van der Waals surface area contributed by atoms with Crippen LogP contribution in [0.2, 0.25) is 5.02 Å². The molecule has 11 heteroatoms. The van der Waals surface area contributed by atoms with Crippen molar-refractivity contribution in [3.63, 3.8) is 0 Å². The van der Waals surface area contributed by atoms with Crippen LogP contribution in [0.3, 0.4) is 0 Å². The molecule has 4 rings (SSSR count). The van der Waals surface area contributed by atoms with E-state index in [2.05, 4.69) is 62.5 Å². The van der Waals surface area contributed by atoms with E-state index in [1.165, 1.54) is 12.3 Å². The number of aryl methyl sites for hydroxylation is 1. The van der Waals surface area contributed by atoms with Gasteiger partial charge < -0.3 is 30.3 Å². The quantitative estimate of drug-likeness (QED) is 0.232. The fourth-order valence-electron chi connectivity index (χ4n) is 4.57. The number of anilines is 6. The Kier molecular flexibility index (Phi) is 8.64. The second-order valence-electron chi connectivity index (χ2n) is 10.2. The van der Waals surface area contributed by atoms with Crippen molar-refractivity contribution in [3.05, 3.63) is 65.8 Å². The van der Waals surface area contributed by atoms with E-state index in [4.69, 9.17) is 11.6 Å². The lowest BCUT2D eigenvalue weighted by atomic mass is 10.1. The van der Waals surface area contributed by atoms with Crippen LogP contribution >= 0.6 is 18.7 Å². The highest BCUT2D eigenvalue weighted by Crippen LogP contribution is 2.39. The number of hydrogen-bond donors (Lipinski definition) is 3. The summed E-state index contributed by atoms with van der Waals surface area (Å²) in [6, 6.07) is 11.8. The molecular formula is C28H35ClN7O2P. The van der Waals surface area contributed by atoms with Crippen LogP contribution in [0.25, 0.3) is 0 Å². The van der Waals surface area contributed by atoms with Crippen LogP contribution in [0, 0.1) is 6.92 Å². The first-order chi connectivity index (χ1) is 18.5. The number of nitrogens with zero attached hydrogens (tertiary/aromatic N) is 4. The Bertz CT molecular complexity index is 1440.